The van der Waals surface area contributed by atoms with E-state index in [0.717, 1.165) is 17.1 Å². The molecule has 18 heavy (non-hydrogen) atoms. The zero-order valence-corrected chi connectivity index (χ0v) is 10.2. The van der Waals surface area contributed by atoms with Gasteiger partial charge in [-0.15, -0.1) is 5.10 Å². The van der Waals surface area contributed by atoms with Crippen LogP contribution in [0.4, 0.5) is 5.69 Å². The van der Waals surface area contributed by atoms with Crippen LogP contribution < -0.4 is 10.1 Å². The largest absolute Gasteiger partial charge is 0.497 e. The summed E-state index contributed by atoms with van der Waals surface area (Å²) in [5.74, 6) is 0.809. The lowest BCUT2D eigenvalue weighted by molar-refractivity contribution is 0.268. The third-order valence-corrected chi connectivity index (χ3v) is 2.46. The second-order valence-corrected chi connectivity index (χ2v) is 3.78. The number of rotatable bonds is 6. The molecule has 0 unspecified atom stereocenters. The highest BCUT2D eigenvalue weighted by Gasteiger charge is 2.01. The molecule has 1 heterocycles. The van der Waals surface area contributed by atoms with Crippen LogP contribution in [0, 0.1) is 0 Å². The van der Waals surface area contributed by atoms with Gasteiger partial charge in [0.05, 0.1) is 33.0 Å². The van der Waals surface area contributed by atoms with Gasteiger partial charge in [-0.2, -0.15) is 0 Å². The summed E-state index contributed by atoms with van der Waals surface area (Å²) in [6.45, 7) is 1.11. The molecule has 2 N–H and O–H groups in total. The van der Waals surface area contributed by atoms with E-state index >= 15 is 0 Å². The zero-order chi connectivity index (χ0) is 12.8. The molecule has 0 atom stereocenters. The third kappa shape index (κ3) is 3.21. The maximum Gasteiger partial charge on any atom is 0.120 e. The second-order valence-electron chi connectivity index (χ2n) is 3.78. The van der Waals surface area contributed by atoms with Gasteiger partial charge in [0, 0.05) is 11.8 Å². The van der Waals surface area contributed by atoms with Gasteiger partial charge in [0.1, 0.15) is 11.4 Å². The standard InChI is InChI=1S/C12H16N4O2/c1-18-12-4-2-3-10(7-12)13-8-11-9-16(5-6-17)15-14-11/h2-4,7,9,13,17H,5-6,8H2,1H3. The Labute approximate surface area is 105 Å². The van der Waals surface area contributed by atoms with Crippen molar-refractivity contribution in [2.45, 2.75) is 13.1 Å². The molecule has 0 spiro atoms. The molecule has 0 saturated carbocycles. The van der Waals surface area contributed by atoms with Gasteiger partial charge in [-0.1, -0.05) is 11.3 Å². The summed E-state index contributed by atoms with van der Waals surface area (Å²) in [4.78, 5) is 0. The number of ether oxygens (including phenoxy) is 1. The highest BCUT2D eigenvalue weighted by molar-refractivity contribution is 5.48. The number of anilines is 1. The molecule has 6 nitrogen and oxygen atoms in total. The van der Waals surface area contributed by atoms with Gasteiger partial charge in [-0.25, -0.2) is 4.68 Å². The Balaban J connectivity index is 1.93. The van der Waals surface area contributed by atoms with Crippen molar-refractivity contribution in [3.8, 4) is 5.75 Å². The molecule has 96 valence electrons. The fourth-order valence-corrected chi connectivity index (χ4v) is 1.56. The molecule has 0 amide bonds. The maximum absolute atomic E-state index is 8.78. The van der Waals surface area contributed by atoms with Gasteiger partial charge in [-0.3, -0.25) is 0 Å². The quantitative estimate of drug-likeness (QED) is 0.794. The molecule has 1 aromatic carbocycles. The van der Waals surface area contributed by atoms with Crippen LogP contribution in [-0.2, 0) is 13.1 Å². The molecule has 6 heteroatoms. The first kappa shape index (κ1) is 12.4. The van der Waals surface area contributed by atoms with Crippen molar-refractivity contribution in [3.05, 3.63) is 36.2 Å². The van der Waals surface area contributed by atoms with Crippen LogP contribution in [0.1, 0.15) is 5.69 Å². The van der Waals surface area contributed by atoms with Crippen molar-refractivity contribution in [1.82, 2.24) is 15.0 Å². The molecule has 0 aliphatic heterocycles. The summed E-state index contributed by atoms with van der Waals surface area (Å²) >= 11 is 0. The van der Waals surface area contributed by atoms with E-state index in [9.17, 15) is 0 Å². The molecule has 0 saturated heterocycles. The highest BCUT2D eigenvalue weighted by atomic mass is 16.5. The number of nitrogens with zero attached hydrogens (tertiary/aromatic N) is 3. The summed E-state index contributed by atoms with van der Waals surface area (Å²) in [5, 5.41) is 19.9. The van der Waals surface area contributed by atoms with Crippen molar-refractivity contribution < 1.29 is 9.84 Å². The van der Waals surface area contributed by atoms with Gasteiger partial charge in [0.15, 0.2) is 0 Å². The average Bonchev–Trinajstić information content (AvgIpc) is 2.85. The molecule has 1 aromatic heterocycles. The van der Waals surface area contributed by atoms with E-state index in [1.807, 2.05) is 30.5 Å². The molecular formula is C12H16N4O2. The molecular weight excluding hydrogens is 232 g/mol. The number of nitrogens with one attached hydrogen (secondary N) is 1. The molecule has 0 radical (unpaired) electrons. The van der Waals surface area contributed by atoms with Gasteiger partial charge in [0.25, 0.3) is 0 Å². The number of benzene rings is 1. The van der Waals surface area contributed by atoms with E-state index in [1.54, 1.807) is 11.8 Å². The minimum absolute atomic E-state index is 0.0616. The van der Waals surface area contributed by atoms with Gasteiger partial charge in [0.2, 0.25) is 0 Å². The number of aliphatic hydroxyl groups excluding tert-OH is 1. The van der Waals surface area contributed by atoms with E-state index in [4.69, 9.17) is 9.84 Å². The van der Waals surface area contributed by atoms with Crippen molar-refractivity contribution in [3.63, 3.8) is 0 Å². The number of aromatic nitrogens is 3. The lowest BCUT2D eigenvalue weighted by atomic mass is 10.3. The van der Waals surface area contributed by atoms with Crippen molar-refractivity contribution in [2.75, 3.05) is 19.0 Å². The van der Waals surface area contributed by atoms with E-state index in [2.05, 4.69) is 15.6 Å². The number of aliphatic hydroxyl groups is 1. The Morgan fingerprint density at radius 1 is 1.44 bits per heavy atom. The van der Waals surface area contributed by atoms with E-state index in [1.165, 1.54) is 0 Å². The molecule has 2 aromatic rings. The monoisotopic (exact) mass is 248 g/mol. The zero-order valence-electron chi connectivity index (χ0n) is 10.2. The summed E-state index contributed by atoms with van der Waals surface area (Å²) in [7, 11) is 1.64. The van der Waals surface area contributed by atoms with E-state index in [-0.39, 0.29) is 6.61 Å². The minimum Gasteiger partial charge on any atom is -0.497 e. The lowest BCUT2D eigenvalue weighted by Crippen LogP contribution is -2.02. The van der Waals surface area contributed by atoms with Crippen LogP contribution in [0.5, 0.6) is 5.75 Å². The molecule has 0 fully saturated rings. The average molecular weight is 248 g/mol. The van der Waals surface area contributed by atoms with Gasteiger partial charge < -0.3 is 15.2 Å². The number of methoxy groups -OCH3 is 1. The van der Waals surface area contributed by atoms with Crippen LogP contribution in [0.25, 0.3) is 0 Å². The second kappa shape index (κ2) is 6.02. The topological polar surface area (TPSA) is 72.2 Å². The van der Waals surface area contributed by atoms with Gasteiger partial charge in [-0.05, 0) is 12.1 Å². The summed E-state index contributed by atoms with van der Waals surface area (Å²) in [6.07, 6.45) is 1.81. The predicted octanol–water partition coefficient (Wildman–Crippen LogP) is 0.891. The Morgan fingerprint density at radius 3 is 3.11 bits per heavy atom. The summed E-state index contributed by atoms with van der Waals surface area (Å²) in [6, 6.07) is 7.69. The molecule has 0 aliphatic carbocycles. The highest BCUT2D eigenvalue weighted by Crippen LogP contribution is 2.17. The predicted molar refractivity (Wildman–Crippen MR) is 67.4 cm³/mol. The van der Waals surface area contributed by atoms with Crippen LogP contribution in [0.2, 0.25) is 0 Å². The Hall–Kier alpha value is -2.08. The van der Waals surface area contributed by atoms with Crippen molar-refractivity contribution in [2.24, 2.45) is 0 Å². The van der Waals surface area contributed by atoms with E-state index in [0.29, 0.717) is 13.1 Å². The van der Waals surface area contributed by atoms with E-state index < -0.39 is 0 Å². The van der Waals surface area contributed by atoms with Crippen molar-refractivity contribution >= 4 is 5.69 Å². The third-order valence-electron chi connectivity index (χ3n) is 2.46. The number of hydrogen-bond donors (Lipinski definition) is 2. The Bertz CT molecular complexity index is 498. The van der Waals surface area contributed by atoms with Crippen LogP contribution in [0.3, 0.4) is 0 Å². The smallest absolute Gasteiger partial charge is 0.120 e. The molecule has 0 bridgehead atoms. The first-order valence-corrected chi connectivity index (χ1v) is 5.69. The van der Waals surface area contributed by atoms with Gasteiger partial charge >= 0.3 is 0 Å². The molecule has 2 rings (SSSR count). The Morgan fingerprint density at radius 2 is 2.33 bits per heavy atom. The molecule has 0 aliphatic rings. The van der Waals surface area contributed by atoms with Crippen LogP contribution >= 0.6 is 0 Å². The lowest BCUT2D eigenvalue weighted by Gasteiger charge is -2.05. The fraction of sp³-hybridized carbons (Fsp3) is 0.333. The number of hydrogen-bond acceptors (Lipinski definition) is 5. The fourth-order valence-electron chi connectivity index (χ4n) is 1.56. The SMILES string of the molecule is COc1cccc(NCc2cn(CCO)nn2)c1. The minimum atomic E-state index is 0.0616. The normalized spacial score (nSPS) is 10.3. The summed E-state index contributed by atoms with van der Waals surface area (Å²) < 4.78 is 6.76. The maximum atomic E-state index is 8.78. The van der Waals surface area contributed by atoms with Crippen LogP contribution in [-0.4, -0.2) is 33.8 Å². The Kier molecular flexibility index (Phi) is 4.14. The van der Waals surface area contributed by atoms with Crippen LogP contribution in [0.15, 0.2) is 30.5 Å². The summed E-state index contributed by atoms with van der Waals surface area (Å²) in [5.41, 5.74) is 1.79. The first-order valence-electron chi connectivity index (χ1n) is 5.69. The first-order chi connectivity index (χ1) is 8.81. The van der Waals surface area contributed by atoms with Crippen molar-refractivity contribution in [1.29, 1.82) is 0 Å².